The van der Waals surface area contributed by atoms with Gasteiger partial charge in [-0.2, -0.15) is 0 Å². The molecule has 0 saturated carbocycles. The Morgan fingerprint density at radius 2 is 0.513 bits per heavy atom. The molecule has 0 aliphatic rings. The fraction of sp³-hybridized carbons (Fsp3) is 0.814. The van der Waals surface area contributed by atoms with E-state index in [0.29, 0.717) is 19.3 Å². The Hall–Kier alpha value is -2.89. The molecule has 1 unspecified atom stereocenters. The third-order valence-corrected chi connectivity index (χ3v) is 14.8. The van der Waals surface area contributed by atoms with Crippen molar-refractivity contribution in [2.75, 3.05) is 13.2 Å². The van der Waals surface area contributed by atoms with Crippen LogP contribution in [0, 0.1) is 0 Å². The van der Waals surface area contributed by atoms with Crippen LogP contribution in [-0.2, 0) is 28.6 Å². The number of hydrogen-bond donors (Lipinski definition) is 0. The fourth-order valence-corrected chi connectivity index (χ4v) is 9.79. The molecular formula is C70H126O6. The smallest absolute Gasteiger partial charge is 0.306 e. The van der Waals surface area contributed by atoms with E-state index in [-0.39, 0.29) is 31.1 Å². The highest BCUT2D eigenvalue weighted by Crippen LogP contribution is 2.18. The summed E-state index contributed by atoms with van der Waals surface area (Å²) in [6, 6.07) is 0. The van der Waals surface area contributed by atoms with Crippen LogP contribution in [0.5, 0.6) is 0 Å². The van der Waals surface area contributed by atoms with Gasteiger partial charge in [-0.3, -0.25) is 14.4 Å². The Morgan fingerprint density at radius 1 is 0.276 bits per heavy atom. The minimum Gasteiger partial charge on any atom is -0.462 e. The summed E-state index contributed by atoms with van der Waals surface area (Å²) in [5.74, 6) is -0.898. The Morgan fingerprint density at radius 3 is 0.816 bits per heavy atom. The number of hydrogen-bond acceptors (Lipinski definition) is 6. The number of ether oxygens (including phenoxy) is 3. The molecule has 0 bridgehead atoms. The molecule has 0 spiro atoms. The lowest BCUT2D eigenvalue weighted by molar-refractivity contribution is -0.167. The van der Waals surface area contributed by atoms with Crippen molar-refractivity contribution in [2.24, 2.45) is 0 Å². The zero-order valence-corrected chi connectivity index (χ0v) is 50.8. The van der Waals surface area contributed by atoms with Crippen molar-refractivity contribution < 1.29 is 28.6 Å². The number of rotatable bonds is 61. The van der Waals surface area contributed by atoms with Crippen LogP contribution in [0.25, 0.3) is 0 Å². The van der Waals surface area contributed by atoms with E-state index in [1.807, 2.05) is 0 Å². The van der Waals surface area contributed by atoms with Crippen molar-refractivity contribution in [1.29, 1.82) is 0 Å². The van der Waals surface area contributed by atoms with Crippen LogP contribution in [-0.4, -0.2) is 37.2 Å². The average Bonchev–Trinajstić information content (AvgIpc) is 3.42. The van der Waals surface area contributed by atoms with E-state index >= 15 is 0 Å². The van der Waals surface area contributed by atoms with E-state index in [1.54, 1.807) is 0 Å². The van der Waals surface area contributed by atoms with E-state index in [4.69, 9.17) is 14.2 Å². The zero-order chi connectivity index (χ0) is 55.0. The molecule has 6 nitrogen and oxygen atoms in total. The molecule has 6 heteroatoms. The lowest BCUT2D eigenvalue weighted by Crippen LogP contribution is -2.30. The first kappa shape index (κ1) is 73.1. The second kappa shape index (κ2) is 64.6. The van der Waals surface area contributed by atoms with Gasteiger partial charge in [-0.1, -0.05) is 306 Å². The van der Waals surface area contributed by atoms with E-state index in [2.05, 4.69) is 81.5 Å². The summed E-state index contributed by atoms with van der Waals surface area (Å²) in [5.41, 5.74) is 0. The minimum absolute atomic E-state index is 0.0838. The van der Waals surface area contributed by atoms with E-state index < -0.39 is 6.10 Å². The van der Waals surface area contributed by atoms with Gasteiger partial charge < -0.3 is 14.2 Å². The molecule has 0 amide bonds. The first-order chi connectivity index (χ1) is 37.5. The summed E-state index contributed by atoms with van der Waals surface area (Å²) in [6.45, 7) is 6.54. The Kier molecular flexibility index (Phi) is 62.2. The standard InChI is InChI=1S/C70H126O6/c1-4-7-10-13-16-19-22-25-28-30-31-32-33-34-35-36-37-38-39-41-42-45-48-51-54-57-60-63-69(72)75-66-67(65-74-68(71)62-59-56-53-50-47-44-27-24-21-18-15-12-9-6-3)76-70(73)64-61-58-55-52-49-46-43-40-29-26-23-20-17-14-11-8-5-2/h8,11,17,20,24,26-27,29,43,46,67H,4-7,9-10,12-16,18-19,21-23,25,28,30-42,44-45,47-66H2,1-3H3/b11-8-,20-17-,27-24-,29-26-,46-43-. The quantitative estimate of drug-likeness (QED) is 0.0261. The van der Waals surface area contributed by atoms with Crippen LogP contribution in [0.15, 0.2) is 60.8 Å². The van der Waals surface area contributed by atoms with Crippen LogP contribution < -0.4 is 0 Å². The summed E-state index contributed by atoms with van der Waals surface area (Å²) in [7, 11) is 0. The van der Waals surface area contributed by atoms with Gasteiger partial charge >= 0.3 is 17.9 Å². The maximum absolute atomic E-state index is 12.9. The highest BCUT2D eigenvalue weighted by molar-refractivity contribution is 5.71. The molecule has 442 valence electrons. The summed E-state index contributed by atoms with van der Waals surface area (Å²) in [5, 5.41) is 0. The van der Waals surface area contributed by atoms with Crippen LogP contribution >= 0.6 is 0 Å². The molecule has 0 N–H and O–H groups in total. The van der Waals surface area contributed by atoms with Crippen molar-refractivity contribution in [3.63, 3.8) is 0 Å². The maximum atomic E-state index is 12.9. The second-order valence-corrected chi connectivity index (χ2v) is 22.4. The molecule has 0 radical (unpaired) electrons. The first-order valence-corrected chi connectivity index (χ1v) is 33.3. The van der Waals surface area contributed by atoms with Gasteiger partial charge in [-0.25, -0.2) is 0 Å². The molecule has 0 rings (SSSR count). The van der Waals surface area contributed by atoms with Crippen molar-refractivity contribution in [3.8, 4) is 0 Å². The molecule has 0 fully saturated rings. The van der Waals surface area contributed by atoms with Gasteiger partial charge in [0.25, 0.3) is 0 Å². The molecular weight excluding hydrogens is 937 g/mol. The van der Waals surface area contributed by atoms with Gasteiger partial charge in [-0.15, -0.1) is 0 Å². The fourth-order valence-electron chi connectivity index (χ4n) is 9.79. The molecule has 0 heterocycles. The molecule has 1 atom stereocenters. The van der Waals surface area contributed by atoms with E-state index in [0.717, 1.165) is 103 Å². The van der Waals surface area contributed by atoms with Crippen LogP contribution in [0.3, 0.4) is 0 Å². The Balaban J connectivity index is 4.25. The Labute approximate surface area is 472 Å². The first-order valence-electron chi connectivity index (χ1n) is 33.3. The Bertz CT molecular complexity index is 1360. The minimum atomic E-state index is -0.790. The van der Waals surface area contributed by atoms with E-state index in [9.17, 15) is 14.4 Å². The summed E-state index contributed by atoms with van der Waals surface area (Å²) < 4.78 is 16.9. The van der Waals surface area contributed by atoms with Gasteiger partial charge in [0.05, 0.1) is 0 Å². The molecule has 76 heavy (non-hydrogen) atoms. The van der Waals surface area contributed by atoms with Crippen LogP contribution in [0.2, 0.25) is 0 Å². The van der Waals surface area contributed by atoms with Gasteiger partial charge in [0.15, 0.2) is 6.10 Å². The topological polar surface area (TPSA) is 78.9 Å². The molecule has 0 aromatic rings. The van der Waals surface area contributed by atoms with Crippen LogP contribution in [0.1, 0.15) is 348 Å². The monoisotopic (exact) mass is 1060 g/mol. The lowest BCUT2D eigenvalue weighted by Gasteiger charge is -2.18. The predicted octanol–water partition coefficient (Wildman–Crippen LogP) is 22.7. The molecule has 0 aromatic carbocycles. The second-order valence-electron chi connectivity index (χ2n) is 22.4. The highest BCUT2D eigenvalue weighted by atomic mass is 16.6. The largest absolute Gasteiger partial charge is 0.462 e. The normalized spacial score (nSPS) is 12.4. The number of carbonyl (C=O) groups is 3. The predicted molar refractivity (Wildman–Crippen MR) is 330 cm³/mol. The lowest BCUT2D eigenvalue weighted by atomic mass is 10.0. The molecule has 0 aromatic heterocycles. The van der Waals surface area contributed by atoms with Crippen molar-refractivity contribution in [3.05, 3.63) is 60.8 Å². The summed E-state index contributed by atoms with van der Waals surface area (Å²) in [6.07, 6.45) is 82.5. The molecule has 0 saturated heterocycles. The van der Waals surface area contributed by atoms with E-state index in [1.165, 1.54) is 205 Å². The zero-order valence-electron chi connectivity index (χ0n) is 50.8. The summed E-state index contributed by atoms with van der Waals surface area (Å²) in [4.78, 5) is 38.3. The highest BCUT2D eigenvalue weighted by Gasteiger charge is 2.19. The molecule has 0 aliphatic carbocycles. The van der Waals surface area contributed by atoms with Gasteiger partial charge in [0.2, 0.25) is 0 Å². The van der Waals surface area contributed by atoms with Gasteiger partial charge in [-0.05, 0) is 83.5 Å². The van der Waals surface area contributed by atoms with Gasteiger partial charge in [0, 0.05) is 19.3 Å². The maximum Gasteiger partial charge on any atom is 0.306 e. The summed E-state index contributed by atoms with van der Waals surface area (Å²) >= 11 is 0. The van der Waals surface area contributed by atoms with Crippen molar-refractivity contribution in [1.82, 2.24) is 0 Å². The number of unbranched alkanes of at least 4 members (excludes halogenated alkanes) is 40. The third-order valence-electron chi connectivity index (χ3n) is 14.8. The number of allylic oxidation sites excluding steroid dienone is 10. The van der Waals surface area contributed by atoms with Crippen molar-refractivity contribution in [2.45, 2.75) is 354 Å². The number of carbonyl (C=O) groups excluding carboxylic acids is 3. The molecule has 0 aliphatic heterocycles. The van der Waals surface area contributed by atoms with Crippen LogP contribution in [0.4, 0.5) is 0 Å². The van der Waals surface area contributed by atoms with Gasteiger partial charge in [0.1, 0.15) is 13.2 Å². The number of esters is 3. The SMILES string of the molecule is CC/C=C\C/C=C\C/C=C\C/C=C\CCCCCCC(=O)OC(COC(=O)CCCCCCC/C=C\CCCCCCC)COC(=O)CCCCCCCCCCCCCCCCCCCCCCCCCCCCC. The third kappa shape index (κ3) is 62.0. The average molecular weight is 1060 g/mol. The van der Waals surface area contributed by atoms with Crippen molar-refractivity contribution >= 4 is 17.9 Å².